The number of nitriles is 1. The molecule has 0 bridgehead atoms. The zero-order chi connectivity index (χ0) is 26.5. The zero-order valence-electron chi connectivity index (χ0n) is 20.8. The smallest absolute Gasteiger partial charge is 0.355 e. The summed E-state index contributed by atoms with van der Waals surface area (Å²) in [4.78, 5) is 42.0. The third kappa shape index (κ3) is 3.64. The van der Waals surface area contributed by atoms with E-state index in [1.54, 1.807) is 47.4 Å². The number of carbonyl (C=O) groups is 3. The number of hydrogen-bond acceptors (Lipinski definition) is 8. The fraction of sp³-hybridized carbons (Fsp3) is 0.286. The van der Waals surface area contributed by atoms with Gasteiger partial charge >= 0.3 is 11.9 Å². The Kier molecular flexibility index (Phi) is 5.75. The normalized spacial score (nSPS) is 19.5. The number of carbonyl (C=O) groups excluding carboxylic acids is 3. The van der Waals surface area contributed by atoms with Gasteiger partial charge in [0.25, 0.3) is 0 Å². The number of rotatable bonds is 4. The second-order valence-corrected chi connectivity index (χ2v) is 9.42. The molecular weight excluding hydrogens is 472 g/mol. The van der Waals surface area contributed by atoms with Crippen LogP contribution in [0.15, 0.2) is 71.2 Å². The van der Waals surface area contributed by atoms with Crippen molar-refractivity contribution in [3.63, 3.8) is 0 Å². The fourth-order valence-electron chi connectivity index (χ4n) is 5.44. The maximum atomic E-state index is 13.3. The summed E-state index contributed by atoms with van der Waals surface area (Å²) in [5.41, 5.74) is 9.22. The number of nitrogens with two attached hydrogens (primary N) is 1. The molecule has 1 amide bonds. The van der Waals surface area contributed by atoms with Gasteiger partial charge in [0.05, 0.1) is 37.4 Å². The molecule has 1 atom stereocenters. The molecule has 2 aromatic carbocycles. The van der Waals surface area contributed by atoms with Crippen LogP contribution in [0.4, 0.5) is 11.4 Å². The lowest BCUT2D eigenvalue weighted by atomic mass is 9.81. The number of amides is 1. The number of ether oxygens (including phenoxy) is 2. The Balaban J connectivity index is 1.77. The van der Waals surface area contributed by atoms with Gasteiger partial charge in [0.1, 0.15) is 11.5 Å². The van der Waals surface area contributed by atoms with Crippen molar-refractivity contribution in [1.29, 1.82) is 5.26 Å². The zero-order valence-corrected chi connectivity index (χ0v) is 20.8. The molecule has 1 saturated carbocycles. The van der Waals surface area contributed by atoms with Crippen LogP contribution >= 0.6 is 0 Å². The largest absolute Gasteiger partial charge is 0.466 e. The van der Waals surface area contributed by atoms with Gasteiger partial charge in [-0.15, -0.1) is 0 Å². The van der Waals surface area contributed by atoms with Crippen molar-refractivity contribution in [2.45, 2.75) is 31.1 Å². The van der Waals surface area contributed by atoms with Gasteiger partial charge in [0.15, 0.2) is 0 Å². The molecule has 0 saturated heterocycles. The molecule has 0 aromatic heterocycles. The van der Waals surface area contributed by atoms with Crippen LogP contribution in [0.25, 0.3) is 0 Å². The van der Waals surface area contributed by atoms with Crippen LogP contribution in [0.1, 0.15) is 36.8 Å². The molecule has 37 heavy (non-hydrogen) atoms. The Morgan fingerprint density at radius 1 is 1.05 bits per heavy atom. The lowest BCUT2D eigenvalue weighted by Gasteiger charge is -2.36. The number of fused-ring (bicyclic) bond motifs is 2. The van der Waals surface area contributed by atoms with Gasteiger partial charge in [-0.25, -0.2) is 9.59 Å². The predicted molar refractivity (Wildman–Crippen MR) is 135 cm³/mol. The molecule has 1 spiro atoms. The first-order chi connectivity index (χ1) is 17.8. The number of anilines is 2. The monoisotopic (exact) mass is 498 g/mol. The molecule has 5 rings (SSSR count). The summed E-state index contributed by atoms with van der Waals surface area (Å²) in [6, 6.07) is 16.5. The van der Waals surface area contributed by atoms with Crippen LogP contribution in [0.2, 0.25) is 0 Å². The van der Waals surface area contributed by atoms with Gasteiger partial charge in [-0.3, -0.25) is 9.69 Å². The third-order valence-electron chi connectivity index (χ3n) is 7.41. The first-order valence-corrected chi connectivity index (χ1v) is 11.9. The van der Waals surface area contributed by atoms with Crippen molar-refractivity contribution >= 4 is 29.2 Å². The predicted octanol–water partition coefficient (Wildman–Crippen LogP) is 2.98. The van der Waals surface area contributed by atoms with Gasteiger partial charge in [0, 0.05) is 30.3 Å². The first-order valence-electron chi connectivity index (χ1n) is 11.9. The van der Waals surface area contributed by atoms with Crippen LogP contribution in [0.3, 0.4) is 0 Å². The average Bonchev–Trinajstić information content (AvgIpc) is 3.62. The molecule has 2 N–H and O–H groups in total. The minimum Gasteiger partial charge on any atom is -0.466 e. The molecule has 1 unspecified atom stereocenters. The molecule has 2 heterocycles. The van der Waals surface area contributed by atoms with Crippen LogP contribution in [0.5, 0.6) is 0 Å². The van der Waals surface area contributed by atoms with Crippen molar-refractivity contribution in [2.75, 3.05) is 30.6 Å². The minimum atomic E-state index is -0.943. The first kappa shape index (κ1) is 24.1. The van der Waals surface area contributed by atoms with E-state index in [4.69, 9.17) is 15.2 Å². The van der Waals surface area contributed by atoms with Crippen molar-refractivity contribution in [3.8, 4) is 6.07 Å². The van der Waals surface area contributed by atoms with Gasteiger partial charge in [-0.1, -0.05) is 36.4 Å². The Morgan fingerprint density at radius 3 is 2.30 bits per heavy atom. The number of allylic oxidation sites excluding steroid dienone is 1. The Labute approximate surface area is 214 Å². The summed E-state index contributed by atoms with van der Waals surface area (Å²) in [5, 5.41) is 10.2. The molecule has 9 nitrogen and oxygen atoms in total. The van der Waals surface area contributed by atoms with Crippen LogP contribution in [-0.2, 0) is 29.3 Å². The average molecular weight is 499 g/mol. The number of methoxy groups -OCH3 is 2. The number of benzene rings is 2. The third-order valence-corrected chi connectivity index (χ3v) is 7.41. The van der Waals surface area contributed by atoms with Crippen LogP contribution in [-0.4, -0.2) is 38.6 Å². The van der Waals surface area contributed by atoms with Crippen LogP contribution in [0, 0.1) is 11.3 Å². The number of esters is 2. The molecule has 1 aliphatic carbocycles. The standard InChI is InChI=1S/C28H26N4O5/c1-16(33)31-15-28(11-12-28)20-10-9-18(13-21(20)31)32-24(27(35)37-3)23(26(34)36-2)22(19(14-29)25(32)30)17-7-5-4-6-8-17/h4-10,13,22H,11-12,15,30H2,1-3H3. The molecule has 1 fully saturated rings. The van der Waals surface area contributed by atoms with E-state index < -0.39 is 17.9 Å². The maximum absolute atomic E-state index is 13.3. The van der Waals surface area contributed by atoms with E-state index in [2.05, 4.69) is 6.07 Å². The van der Waals surface area contributed by atoms with Gasteiger partial charge in [-0.2, -0.15) is 5.26 Å². The summed E-state index contributed by atoms with van der Waals surface area (Å²) in [5.74, 6) is -2.66. The molecule has 2 aromatic rings. The van der Waals surface area contributed by atoms with Crippen molar-refractivity contribution in [3.05, 3.63) is 82.3 Å². The molecule has 188 valence electrons. The summed E-state index contributed by atoms with van der Waals surface area (Å²) < 4.78 is 10.2. The molecular formula is C28H26N4O5. The topological polar surface area (TPSA) is 126 Å². The van der Waals surface area contributed by atoms with E-state index in [9.17, 15) is 19.6 Å². The minimum absolute atomic E-state index is 0.0159. The van der Waals surface area contributed by atoms with E-state index >= 15 is 0 Å². The number of nitrogens with zero attached hydrogens (tertiary/aromatic N) is 3. The Morgan fingerprint density at radius 2 is 1.73 bits per heavy atom. The van der Waals surface area contributed by atoms with E-state index in [0.29, 0.717) is 17.8 Å². The summed E-state index contributed by atoms with van der Waals surface area (Å²) in [7, 11) is 2.41. The Bertz CT molecular complexity index is 1430. The maximum Gasteiger partial charge on any atom is 0.355 e. The van der Waals surface area contributed by atoms with Gasteiger partial charge < -0.3 is 20.1 Å². The van der Waals surface area contributed by atoms with Crippen molar-refractivity contribution in [1.82, 2.24) is 0 Å². The quantitative estimate of drug-likeness (QED) is 0.638. The second-order valence-electron chi connectivity index (χ2n) is 9.42. The SMILES string of the molecule is COC(=O)C1=C(C(=O)OC)N(c2ccc3c(c2)N(C(C)=O)CC32CC2)C(N)=C(C#N)C1c1ccccc1. The summed E-state index contributed by atoms with van der Waals surface area (Å²) >= 11 is 0. The van der Waals surface area contributed by atoms with E-state index in [1.807, 2.05) is 6.07 Å². The van der Waals surface area contributed by atoms with Gasteiger partial charge in [0.2, 0.25) is 5.91 Å². The molecule has 3 aliphatic rings. The Hall–Kier alpha value is -4.58. The highest BCUT2D eigenvalue weighted by Crippen LogP contribution is 2.57. The molecule has 9 heteroatoms. The lowest BCUT2D eigenvalue weighted by Crippen LogP contribution is -2.40. The summed E-state index contributed by atoms with van der Waals surface area (Å²) in [6.07, 6.45) is 1.98. The van der Waals surface area contributed by atoms with E-state index in [1.165, 1.54) is 26.0 Å². The van der Waals surface area contributed by atoms with Crippen molar-refractivity contribution in [2.24, 2.45) is 5.73 Å². The molecule has 2 aliphatic heterocycles. The van der Waals surface area contributed by atoms with E-state index in [-0.39, 0.29) is 34.0 Å². The molecule has 0 radical (unpaired) electrons. The van der Waals surface area contributed by atoms with Crippen molar-refractivity contribution < 1.29 is 23.9 Å². The van der Waals surface area contributed by atoms with Gasteiger partial charge in [-0.05, 0) is 36.1 Å². The highest BCUT2D eigenvalue weighted by atomic mass is 16.5. The summed E-state index contributed by atoms with van der Waals surface area (Å²) in [6.45, 7) is 2.11. The highest BCUT2D eigenvalue weighted by Gasteiger charge is 2.53. The fourth-order valence-corrected chi connectivity index (χ4v) is 5.44. The second kappa shape index (κ2) is 8.82. The van der Waals surface area contributed by atoms with Crippen LogP contribution < -0.4 is 15.5 Å². The van der Waals surface area contributed by atoms with E-state index in [0.717, 1.165) is 24.1 Å². The number of hydrogen-bond donors (Lipinski definition) is 1. The highest BCUT2D eigenvalue weighted by molar-refractivity contribution is 6.06. The lowest BCUT2D eigenvalue weighted by molar-refractivity contribution is -0.139.